The van der Waals surface area contributed by atoms with Crippen LogP contribution in [0, 0.1) is 0 Å². The van der Waals surface area contributed by atoms with Crippen molar-refractivity contribution >= 4 is 35.7 Å². The van der Waals surface area contributed by atoms with Crippen molar-refractivity contribution in [3.63, 3.8) is 0 Å². The average molecular weight is 381 g/mol. The van der Waals surface area contributed by atoms with Gasteiger partial charge in [0.2, 0.25) is 28.9 Å². The molecule has 1 aliphatic rings. The van der Waals surface area contributed by atoms with Crippen LogP contribution in [0.4, 0.5) is 11.9 Å². The zero-order valence-electron chi connectivity index (χ0n) is 16.1. The van der Waals surface area contributed by atoms with E-state index in [1.807, 2.05) is 18.7 Å². The smallest absolute Gasteiger partial charge is 0.240 e. The molecule has 144 valence electrons. The van der Waals surface area contributed by atoms with E-state index in [9.17, 15) is 9.59 Å². The summed E-state index contributed by atoms with van der Waals surface area (Å²) in [6.07, 6.45) is 2.48. The first kappa shape index (κ1) is 20.4. The van der Waals surface area contributed by atoms with Crippen LogP contribution in [0.15, 0.2) is 5.16 Å². The highest BCUT2D eigenvalue weighted by atomic mass is 32.2. The first-order valence-corrected chi connectivity index (χ1v) is 10.1. The molecule has 1 saturated heterocycles. The first-order chi connectivity index (χ1) is 12.5. The van der Waals surface area contributed by atoms with Gasteiger partial charge in [-0.1, -0.05) is 13.8 Å². The number of carbonyl (C=O) groups is 2. The van der Waals surface area contributed by atoms with Crippen LogP contribution in [-0.4, -0.2) is 57.3 Å². The Labute approximate surface area is 159 Å². The molecule has 0 atom stereocenters. The number of nitrogens with zero attached hydrogens (tertiary/aromatic N) is 6. The van der Waals surface area contributed by atoms with E-state index in [4.69, 9.17) is 0 Å². The number of aromatic nitrogens is 3. The van der Waals surface area contributed by atoms with Crippen molar-refractivity contribution < 1.29 is 9.59 Å². The Bertz CT molecular complexity index is 616. The fourth-order valence-electron chi connectivity index (χ4n) is 2.76. The molecule has 1 aromatic rings. The molecule has 8 nitrogen and oxygen atoms in total. The molecule has 2 rings (SSSR count). The van der Waals surface area contributed by atoms with E-state index in [0.717, 1.165) is 51.0 Å². The summed E-state index contributed by atoms with van der Waals surface area (Å²) in [5, 5.41) is 0.387. The minimum atomic E-state index is -0.190. The fraction of sp³-hybridized carbons (Fsp3) is 0.706. The maximum atomic E-state index is 11.9. The SMILES string of the molecule is CCCN(CCC)c1nc(SN2C(=O)CCC2=O)nc(N(CC)CC)n1. The number of rotatable bonds is 10. The summed E-state index contributed by atoms with van der Waals surface area (Å²) in [7, 11) is 0. The number of hydrogen-bond donors (Lipinski definition) is 0. The lowest BCUT2D eigenvalue weighted by molar-refractivity contribution is -0.131. The maximum Gasteiger partial charge on any atom is 0.240 e. The zero-order valence-corrected chi connectivity index (χ0v) is 16.9. The van der Waals surface area contributed by atoms with E-state index in [2.05, 4.69) is 33.7 Å². The molecule has 26 heavy (non-hydrogen) atoms. The summed E-state index contributed by atoms with van der Waals surface area (Å²) >= 11 is 1.01. The van der Waals surface area contributed by atoms with E-state index in [0.29, 0.717) is 17.1 Å². The predicted molar refractivity (Wildman–Crippen MR) is 103 cm³/mol. The number of amides is 2. The number of anilines is 2. The van der Waals surface area contributed by atoms with Crippen LogP contribution in [0.25, 0.3) is 0 Å². The molecule has 2 heterocycles. The van der Waals surface area contributed by atoms with Crippen LogP contribution in [-0.2, 0) is 9.59 Å². The van der Waals surface area contributed by atoms with Crippen molar-refractivity contribution in [3.8, 4) is 0 Å². The molecule has 0 unspecified atom stereocenters. The van der Waals surface area contributed by atoms with E-state index in [1.165, 1.54) is 4.31 Å². The Hall–Kier alpha value is -1.90. The van der Waals surface area contributed by atoms with Gasteiger partial charge >= 0.3 is 0 Å². The second-order valence-corrected chi connectivity index (χ2v) is 6.96. The maximum absolute atomic E-state index is 11.9. The molecule has 0 radical (unpaired) electrons. The van der Waals surface area contributed by atoms with Crippen molar-refractivity contribution in [2.24, 2.45) is 0 Å². The molecule has 9 heteroatoms. The van der Waals surface area contributed by atoms with Gasteiger partial charge in [-0.25, -0.2) is 4.31 Å². The van der Waals surface area contributed by atoms with Crippen LogP contribution in [0.5, 0.6) is 0 Å². The summed E-state index contributed by atoms with van der Waals surface area (Å²) in [5.41, 5.74) is 0. The molecular weight excluding hydrogens is 352 g/mol. The largest absolute Gasteiger partial charge is 0.341 e. The molecule has 1 aromatic heterocycles. The number of carbonyl (C=O) groups excluding carboxylic acids is 2. The van der Waals surface area contributed by atoms with Crippen molar-refractivity contribution in [1.82, 2.24) is 19.3 Å². The third-order valence-corrected chi connectivity index (χ3v) is 5.02. The van der Waals surface area contributed by atoms with Crippen LogP contribution < -0.4 is 9.80 Å². The van der Waals surface area contributed by atoms with Crippen LogP contribution >= 0.6 is 11.9 Å². The highest BCUT2D eigenvalue weighted by Crippen LogP contribution is 2.28. The first-order valence-electron chi connectivity index (χ1n) is 9.33. The van der Waals surface area contributed by atoms with Gasteiger partial charge in [0.1, 0.15) is 0 Å². The van der Waals surface area contributed by atoms with Crippen molar-refractivity contribution in [2.45, 2.75) is 58.5 Å². The standard InChI is InChI=1S/C17H28N6O2S/c1-5-11-22(12-6-2)16-18-15(21(7-3)8-4)19-17(20-16)26-23-13(24)9-10-14(23)25/h5-12H2,1-4H3. The monoisotopic (exact) mass is 380 g/mol. The minimum Gasteiger partial charge on any atom is -0.341 e. The van der Waals surface area contributed by atoms with Crippen LogP contribution in [0.1, 0.15) is 53.4 Å². The minimum absolute atomic E-state index is 0.190. The molecule has 0 spiro atoms. The number of hydrogen-bond acceptors (Lipinski definition) is 8. The summed E-state index contributed by atoms with van der Waals surface area (Å²) in [4.78, 5) is 41.8. The van der Waals surface area contributed by atoms with Gasteiger partial charge in [0.05, 0.1) is 0 Å². The van der Waals surface area contributed by atoms with Gasteiger partial charge in [0.25, 0.3) is 0 Å². The van der Waals surface area contributed by atoms with Crippen molar-refractivity contribution in [3.05, 3.63) is 0 Å². The zero-order chi connectivity index (χ0) is 19.1. The van der Waals surface area contributed by atoms with E-state index < -0.39 is 0 Å². The molecular formula is C17H28N6O2S. The summed E-state index contributed by atoms with van der Waals surface area (Å²) in [5.74, 6) is 0.807. The summed E-state index contributed by atoms with van der Waals surface area (Å²) in [6.45, 7) is 11.6. The Morgan fingerprint density at radius 2 is 1.35 bits per heavy atom. The molecule has 2 amide bonds. The Morgan fingerprint density at radius 3 is 1.81 bits per heavy atom. The summed E-state index contributed by atoms with van der Waals surface area (Å²) in [6, 6.07) is 0. The third kappa shape index (κ3) is 4.84. The molecule has 0 N–H and O–H groups in total. The van der Waals surface area contributed by atoms with E-state index in [-0.39, 0.29) is 24.7 Å². The number of imide groups is 1. The predicted octanol–water partition coefficient (Wildman–Crippen LogP) is 2.50. The van der Waals surface area contributed by atoms with Crippen LogP contribution in [0.2, 0.25) is 0 Å². The molecule has 1 aliphatic heterocycles. The molecule has 0 saturated carbocycles. The highest BCUT2D eigenvalue weighted by Gasteiger charge is 2.31. The molecule has 0 aromatic carbocycles. The fourth-order valence-corrected chi connectivity index (χ4v) is 3.55. The van der Waals surface area contributed by atoms with Gasteiger partial charge in [0.15, 0.2) is 0 Å². The summed E-state index contributed by atoms with van der Waals surface area (Å²) < 4.78 is 1.18. The normalized spacial score (nSPS) is 14.2. The van der Waals surface area contributed by atoms with Gasteiger partial charge in [-0.2, -0.15) is 15.0 Å². The van der Waals surface area contributed by atoms with Gasteiger partial charge in [-0.15, -0.1) is 0 Å². The lowest BCUT2D eigenvalue weighted by Crippen LogP contribution is -2.30. The van der Waals surface area contributed by atoms with Crippen molar-refractivity contribution in [2.75, 3.05) is 36.0 Å². The molecule has 0 bridgehead atoms. The van der Waals surface area contributed by atoms with Crippen molar-refractivity contribution in [1.29, 1.82) is 0 Å². The molecule has 1 fully saturated rings. The van der Waals surface area contributed by atoms with Gasteiger partial charge in [-0.3, -0.25) is 9.59 Å². The lowest BCUT2D eigenvalue weighted by atomic mass is 10.4. The quantitative estimate of drug-likeness (QED) is 0.452. The molecule has 0 aliphatic carbocycles. The van der Waals surface area contributed by atoms with E-state index in [1.54, 1.807) is 0 Å². The van der Waals surface area contributed by atoms with Gasteiger partial charge in [0, 0.05) is 51.0 Å². The topological polar surface area (TPSA) is 82.5 Å². The highest BCUT2D eigenvalue weighted by molar-refractivity contribution is 7.97. The third-order valence-electron chi connectivity index (χ3n) is 4.09. The van der Waals surface area contributed by atoms with E-state index >= 15 is 0 Å². The Balaban J connectivity index is 2.38. The Kier molecular flexibility index (Phi) is 7.62. The van der Waals surface area contributed by atoms with Gasteiger partial charge < -0.3 is 9.80 Å². The van der Waals surface area contributed by atoms with Crippen LogP contribution in [0.3, 0.4) is 0 Å². The average Bonchev–Trinajstić information content (AvgIpc) is 2.94. The Morgan fingerprint density at radius 1 is 0.846 bits per heavy atom. The lowest BCUT2D eigenvalue weighted by Gasteiger charge is -2.25. The van der Waals surface area contributed by atoms with Gasteiger partial charge in [-0.05, 0) is 26.7 Å². The second-order valence-electron chi connectivity index (χ2n) is 6.05. The second kappa shape index (κ2) is 9.70.